The number of hydrogen-bond donors (Lipinski definition) is 1. The molecule has 2 fully saturated rings. The maximum absolute atomic E-state index is 15.2. The number of aromatic nitrogens is 4. The molecule has 0 aliphatic carbocycles. The smallest absolute Gasteiger partial charge is 0.233 e. The van der Waals surface area contributed by atoms with Gasteiger partial charge in [-0.15, -0.1) is 10.2 Å². The predicted octanol–water partition coefficient (Wildman–Crippen LogP) is 3.38. The molecule has 8 heteroatoms. The van der Waals surface area contributed by atoms with Crippen molar-refractivity contribution in [2.75, 3.05) is 7.05 Å². The number of ether oxygens (including phenoxy) is 1. The van der Waals surface area contributed by atoms with E-state index in [2.05, 4.69) is 20.1 Å². The van der Waals surface area contributed by atoms with E-state index in [1.807, 2.05) is 20.0 Å². The molecule has 2 aliphatic rings. The highest BCUT2D eigenvalue weighted by Gasteiger charge is 2.55. The Morgan fingerprint density at radius 1 is 1.23 bits per heavy atom. The maximum atomic E-state index is 15.2. The van der Waals surface area contributed by atoms with Crippen molar-refractivity contribution in [3.05, 3.63) is 49.1 Å². The molecule has 0 radical (unpaired) electrons. The van der Waals surface area contributed by atoms with Crippen molar-refractivity contribution in [3.63, 3.8) is 0 Å². The summed E-state index contributed by atoms with van der Waals surface area (Å²) in [5, 5.41) is 18.8. The fourth-order valence-electron chi connectivity index (χ4n) is 4.74. The van der Waals surface area contributed by atoms with Crippen LogP contribution >= 0.6 is 0 Å². The number of fused-ring (bicyclic) bond motifs is 2. The van der Waals surface area contributed by atoms with Gasteiger partial charge in [0.25, 0.3) is 0 Å². The zero-order chi connectivity index (χ0) is 20.9. The van der Waals surface area contributed by atoms with E-state index < -0.39 is 17.8 Å². The first-order valence-corrected chi connectivity index (χ1v) is 10.1. The summed E-state index contributed by atoms with van der Waals surface area (Å²) < 4.78 is 22.9. The Balaban J connectivity index is 1.33. The van der Waals surface area contributed by atoms with Crippen molar-refractivity contribution in [2.45, 2.75) is 50.0 Å². The summed E-state index contributed by atoms with van der Waals surface area (Å²) in [6.07, 6.45) is 6.01. The van der Waals surface area contributed by atoms with E-state index in [9.17, 15) is 5.11 Å². The summed E-state index contributed by atoms with van der Waals surface area (Å²) in [4.78, 5) is 6.16. The van der Waals surface area contributed by atoms with Gasteiger partial charge in [0, 0.05) is 42.6 Å². The molecule has 0 amide bonds. The maximum Gasteiger partial charge on any atom is 0.233 e. The first-order valence-electron chi connectivity index (χ1n) is 10.1. The molecule has 1 aromatic carbocycles. The minimum atomic E-state index is -1.08. The standard InChI is InChI=1S/C22H24FN5O2/c1-22-8-7-14(27(22)2)12-19(21(22)23)30-20-6-5-17(25-26-20)16-4-3-15(11-18(16)29)28-10-9-24-13-28/h3-6,9-11,13-14,19,21,29H,7-8,12H2,1-2H3/t14-,19-,21+,22+/m1/s1. The molecule has 30 heavy (non-hydrogen) atoms. The number of aromatic hydroxyl groups is 1. The van der Waals surface area contributed by atoms with Gasteiger partial charge in [0.15, 0.2) is 6.17 Å². The lowest BCUT2D eigenvalue weighted by atomic mass is 9.87. The van der Waals surface area contributed by atoms with Gasteiger partial charge in [-0.05, 0) is 45.0 Å². The molecule has 4 atom stereocenters. The van der Waals surface area contributed by atoms with E-state index >= 15 is 4.39 Å². The normalized spacial score (nSPS) is 28.6. The predicted molar refractivity (Wildman–Crippen MR) is 109 cm³/mol. The molecule has 0 saturated carbocycles. The van der Waals surface area contributed by atoms with E-state index in [1.165, 1.54) is 0 Å². The molecule has 2 aliphatic heterocycles. The quantitative estimate of drug-likeness (QED) is 0.712. The van der Waals surface area contributed by atoms with E-state index in [1.54, 1.807) is 47.6 Å². The Morgan fingerprint density at radius 2 is 2.10 bits per heavy atom. The highest BCUT2D eigenvalue weighted by atomic mass is 19.1. The summed E-state index contributed by atoms with van der Waals surface area (Å²) in [6.45, 7) is 1.97. The van der Waals surface area contributed by atoms with E-state index in [0.717, 1.165) is 18.5 Å². The second-order valence-corrected chi connectivity index (χ2v) is 8.38. The fraction of sp³-hybridized carbons (Fsp3) is 0.409. The van der Waals surface area contributed by atoms with Crippen molar-refractivity contribution in [3.8, 4) is 28.6 Å². The van der Waals surface area contributed by atoms with Crippen LogP contribution in [0.2, 0.25) is 0 Å². The van der Waals surface area contributed by atoms with Crippen LogP contribution in [-0.2, 0) is 0 Å². The molecule has 3 aromatic rings. The van der Waals surface area contributed by atoms with Gasteiger partial charge in [0.2, 0.25) is 5.88 Å². The van der Waals surface area contributed by atoms with Crippen molar-refractivity contribution in [1.82, 2.24) is 24.6 Å². The fourth-order valence-corrected chi connectivity index (χ4v) is 4.74. The second-order valence-electron chi connectivity index (χ2n) is 8.38. The number of alkyl halides is 1. The van der Waals surface area contributed by atoms with Crippen LogP contribution in [0.25, 0.3) is 16.9 Å². The number of rotatable bonds is 4. The van der Waals surface area contributed by atoms with Gasteiger partial charge in [-0.1, -0.05) is 0 Å². The summed E-state index contributed by atoms with van der Waals surface area (Å²) in [5.74, 6) is 0.390. The first-order chi connectivity index (χ1) is 14.5. The molecular formula is C22H24FN5O2. The van der Waals surface area contributed by atoms with Crippen LogP contribution in [0, 0.1) is 0 Å². The first kappa shape index (κ1) is 19.0. The average Bonchev–Trinajstić information content (AvgIpc) is 3.35. The van der Waals surface area contributed by atoms with Crippen LogP contribution in [-0.4, -0.2) is 60.7 Å². The van der Waals surface area contributed by atoms with Crippen LogP contribution in [0.15, 0.2) is 49.1 Å². The monoisotopic (exact) mass is 409 g/mol. The topological polar surface area (TPSA) is 76.3 Å². The minimum absolute atomic E-state index is 0.0906. The molecule has 2 saturated heterocycles. The zero-order valence-corrected chi connectivity index (χ0v) is 16.9. The van der Waals surface area contributed by atoms with Gasteiger partial charge in [0.1, 0.15) is 11.9 Å². The molecule has 2 aromatic heterocycles. The lowest BCUT2D eigenvalue weighted by Gasteiger charge is -2.45. The molecular weight excluding hydrogens is 385 g/mol. The molecule has 156 valence electrons. The van der Waals surface area contributed by atoms with Gasteiger partial charge < -0.3 is 14.4 Å². The average molecular weight is 409 g/mol. The Kier molecular flexibility index (Phi) is 4.47. The van der Waals surface area contributed by atoms with Crippen molar-refractivity contribution in [1.29, 1.82) is 0 Å². The summed E-state index contributed by atoms with van der Waals surface area (Å²) in [6, 6.07) is 9.04. The van der Waals surface area contributed by atoms with Crippen LogP contribution in [0.3, 0.4) is 0 Å². The molecule has 4 heterocycles. The third-order valence-electron chi connectivity index (χ3n) is 6.73. The highest BCUT2D eigenvalue weighted by Crippen LogP contribution is 2.45. The number of phenols is 1. The molecule has 5 rings (SSSR count). The number of piperidine rings is 1. The largest absolute Gasteiger partial charge is 0.507 e. The van der Waals surface area contributed by atoms with Gasteiger partial charge in [-0.3, -0.25) is 4.90 Å². The second kappa shape index (κ2) is 7.05. The van der Waals surface area contributed by atoms with Gasteiger partial charge in [-0.2, -0.15) is 0 Å². The van der Waals surface area contributed by atoms with Crippen LogP contribution in [0.5, 0.6) is 11.6 Å². The Labute approximate surface area is 174 Å². The number of imidazole rings is 1. The number of halogens is 1. The highest BCUT2D eigenvalue weighted by molar-refractivity contribution is 5.68. The number of nitrogens with zero attached hydrogens (tertiary/aromatic N) is 5. The van der Waals surface area contributed by atoms with Crippen molar-refractivity contribution in [2.24, 2.45) is 0 Å². The Hall–Kier alpha value is -3.00. The zero-order valence-electron chi connectivity index (χ0n) is 16.9. The van der Waals surface area contributed by atoms with Crippen LogP contribution in [0.1, 0.15) is 26.2 Å². The van der Waals surface area contributed by atoms with Gasteiger partial charge in [0.05, 0.1) is 23.2 Å². The lowest BCUT2D eigenvalue weighted by Crippen LogP contribution is -2.60. The van der Waals surface area contributed by atoms with Crippen LogP contribution in [0.4, 0.5) is 4.39 Å². The van der Waals surface area contributed by atoms with Gasteiger partial charge >= 0.3 is 0 Å². The summed E-state index contributed by atoms with van der Waals surface area (Å²) in [7, 11) is 2.00. The molecule has 0 unspecified atom stereocenters. The van der Waals surface area contributed by atoms with E-state index in [0.29, 0.717) is 29.6 Å². The number of hydrogen-bond acceptors (Lipinski definition) is 6. The Morgan fingerprint density at radius 3 is 2.80 bits per heavy atom. The SMILES string of the molecule is CN1[C@@H]2CC[C@@]1(C)[C@@H](F)[C@H](Oc1ccc(-c3ccc(-n4ccnc4)cc3O)nn1)C2. The summed E-state index contributed by atoms with van der Waals surface area (Å²) >= 11 is 0. The number of benzene rings is 1. The van der Waals surface area contributed by atoms with Crippen molar-refractivity contribution >= 4 is 0 Å². The Bertz CT molecular complexity index is 1040. The van der Waals surface area contributed by atoms with Crippen molar-refractivity contribution < 1.29 is 14.2 Å². The molecule has 7 nitrogen and oxygen atoms in total. The third kappa shape index (κ3) is 3.02. The lowest BCUT2D eigenvalue weighted by molar-refractivity contribution is -0.0596. The number of phenolic OH excluding ortho intramolecular Hbond substituents is 1. The third-order valence-corrected chi connectivity index (χ3v) is 6.73. The summed E-state index contributed by atoms with van der Waals surface area (Å²) in [5.41, 5.74) is 1.39. The van der Waals surface area contributed by atoms with E-state index in [-0.39, 0.29) is 5.75 Å². The van der Waals surface area contributed by atoms with Gasteiger partial charge in [-0.25, -0.2) is 9.37 Å². The molecule has 2 bridgehead atoms. The van der Waals surface area contributed by atoms with E-state index in [4.69, 9.17) is 4.74 Å². The molecule has 0 spiro atoms. The minimum Gasteiger partial charge on any atom is -0.507 e. The molecule has 1 N–H and O–H groups in total. The van der Waals surface area contributed by atoms with Crippen LogP contribution < -0.4 is 4.74 Å².